The summed E-state index contributed by atoms with van der Waals surface area (Å²) in [6.45, 7) is 0. The third-order valence-electron chi connectivity index (χ3n) is 5.89. The van der Waals surface area contributed by atoms with Gasteiger partial charge < -0.3 is 16.0 Å². The van der Waals surface area contributed by atoms with Crippen molar-refractivity contribution in [2.24, 2.45) is 0 Å². The van der Waals surface area contributed by atoms with Crippen molar-refractivity contribution in [3.8, 4) is 0 Å². The predicted molar refractivity (Wildman–Crippen MR) is 125 cm³/mol. The lowest BCUT2D eigenvalue weighted by Gasteiger charge is -2.30. The number of rotatable bonds is 4. The van der Waals surface area contributed by atoms with Gasteiger partial charge in [-0.3, -0.25) is 9.59 Å². The molecule has 0 unspecified atom stereocenters. The third-order valence-corrected chi connectivity index (χ3v) is 6.13. The Morgan fingerprint density at radius 1 is 0.917 bits per heavy atom. The summed E-state index contributed by atoms with van der Waals surface area (Å²) in [6.07, 6.45) is -2.79. The zero-order valence-corrected chi connectivity index (χ0v) is 19.3. The van der Waals surface area contributed by atoms with Gasteiger partial charge >= 0.3 is 18.0 Å². The molecule has 4 rings (SSSR count). The summed E-state index contributed by atoms with van der Waals surface area (Å²) >= 11 is 6.03. The maximum absolute atomic E-state index is 13.7. The fourth-order valence-corrected chi connectivity index (χ4v) is 4.28. The van der Waals surface area contributed by atoms with E-state index in [1.54, 1.807) is 0 Å². The number of halogens is 6. The van der Waals surface area contributed by atoms with Crippen molar-refractivity contribution < 1.29 is 31.5 Å². The highest BCUT2D eigenvalue weighted by atomic mass is 35.5. The van der Waals surface area contributed by atoms with E-state index in [1.807, 2.05) is 5.32 Å². The molecular weight excluding hydrogens is 507 g/mol. The van der Waals surface area contributed by atoms with E-state index in [4.69, 9.17) is 11.6 Å². The summed E-state index contributed by atoms with van der Waals surface area (Å²) in [5, 5.41) is 8.39. The van der Waals surface area contributed by atoms with Crippen LogP contribution in [-0.4, -0.2) is 28.9 Å². The smallest absolute Gasteiger partial charge is 0.382 e. The maximum Gasteiger partial charge on any atom is 0.433 e. The molecule has 0 atom stereocenters. The van der Waals surface area contributed by atoms with Gasteiger partial charge in [-0.25, -0.2) is 13.8 Å². The molecule has 0 bridgehead atoms. The van der Waals surface area contributed by atoms with Crippen molar-refractivity contribution >= 4 is 45.7 Å². The summed E-state index contributed by atoms with van der Waals surface area (Å²) in [7, 11) is 0. The zero-order chi connectivity index (χ0) is 26.0. The fourth-order valence-electron chi connectivity index (χ4n) is 4.10. The number of benzene rings is 2. The highest BCUT2D eigenvalue weighted by molar-refractivity contribution is 6.39. The molecule has 190 valence electrons. The van der Waals surface area contributed by atoms with Gasteiger partial charge in [-0.15, -0.1) is 0 Å². The minimum atomic E-state index is -4.63. The lowest BCUT2D eigenvalue weighted by molar-refractivity contribution is -0.140. The summed E-state index contributed by atoms with van der Waals surface area (Å²) in [5.41, 5.74) is -1.35. The van der Waals surface area contributed by atoms with Crippen molar-refractivity contribution in [3.63, 3.8) is 0 Å². The number of hydrogen-bond donors (Lipinski definition) is 3. The predicted octanol–water partition coefficient (Wildman–Crippen LogP) is 5.66. The van der Waals surface area contributed by atoms with Crippen LogP contribution in [0, 0.1) is 11.6 Å². The van der Waals surface area contributed by atoms with Gasteiger partial charge in [0.1, 0.15) is 23.0 Å². The average Bonchev–Trinajstić information content (AvgIpc) is 2.82. The maximum atomic E-state index is 13.7. The van der Waals surface area contributed by atoms with E-state index >= 15 is 0 Å². The van der Waals surface area contributed by atoms with Crippen LogP contribution in [0.15, 0.2) is 42.5 Å². The van der Waals surface area contributed by atoms with Crippen LogP contribution in [0.25, 0.3) is 10.9 Å². The Hall–Kier alpha value is -3.47. The number of para-hydroxylation sites is 1. The second-order valence-electron chi connectivity index (χ2n) is 8.43. The lowest BCUT2D eigenvalue weighted by Crippen LogP contribution is -2.44. The van der Waals surface area contributed by atoms with E-state index in [0.717, 1.165) is 24.3 Å². The lowest BCUT2D eigenvalue weighted by atomic mass is 9.90. The molecule has 0 radical (unpaired) electrons. The molecule has 2 amide bonds. The molecule has 6 nitrogen and oxygen atoms in total. The van der Waals surface area contributed by atoms with Gasteiger partial charge in [0, 0.05) is 28.2 Å². The van der Waals surface area contributed by atoms with Crippen molar-refractivity contribution in [1.82, 2.24) is 10.3 Å². The number of hydrogen-bond acceptors (Lipinski definition) is 4. The molecule has 3 aromatic rings. The summed E-state index contributed by atoms with van der Waals surface area (Å²) < 4.78 is 67.4. The molecule has 1 heterocycles. The Balaban J connectivity index is 1.38. The number of fused-ring (bicyclic) bond motifs is 1. The van der Waals surface area contributed by atoms with Crippen molar-refractivity contribution in [2.75, 3.05) is 10.6 Å². The van der Waals surface area contributed by atoms with Crippen LogP contribution in [0.3, 0.4) is 0 Å². The number of nitrogens with one attached hydrogen (secondary N) is 3. The summed E-state index contributed by atoms with van der Waals surface area (Å²) in [6, 6.07) is 7.79. The number of alkyl halides is 3. The summed E-state index contributed by atoms with van der Waals surface area (Å²) in [4.78, 5) is 28.0. The van der Waals surface area contributed by atoms with Crippen LogP contribution in [0.4, 0.5) is 33.3 Å². The fraction of sp³-hybridized carbons (Fsp3) is 0.292. The molecule has 1 aromatic heterocycles. The Bertz CT molecular complexity index is 1290. The van der Waals surface area contributed by atoms with Crippen LogP contribution in [0.5, 0.6) is 0 Å². The third kappa shape index (κ3) is 5.84. The van der Waals surface area contributed by atoms with Crippen LogP contribution < -0.4 is 16.0 Å². The Labute approximate surface area is 207 Å². The van der Waals surface area contributed by atoms with Crippen LogP contribution >= 0.6 is 11.6 Å². The SMILES string of the molecule is O=C(Nc1c(F)cccc1F)C(=O)NC1CCC(Nc2cc(C(F)(F)F)nc3ccc(Cl)cc23)CC1. The van der Waals surface area contributed by atoms with E-state index in [2.05, 4.69) is 15.6 Å². The minimum Gasteiger partial charge on any atom is -0.382 e. The molecule has 1 saturated carbocycles. The van der Waals surface area contributed by atoms with Crippen molar-refractivity contribution in [3.05, 3.63) is 64.8 Å². The summed E-state index contributed by atoms with van der Waals surface area (Å²) in [5.74, 6) is -4.28. The number of carbonyl (C=O) groups is 2. The van der Waals surface area contributed by atoms with Crippen molar-refractivity contribution in [1.29, 1.82) is 0 Å². The molecule has 0 spiro atoms. The Morgan fingerprint density at radius 3 is 2.19 bits per heavy atom. The number of anilines is 2. The first-order chi connectivity index (χ1) is 17.0. The number of pyridine rings is 1. The van der Waals surface area contributed by atoms with E-state index in [9.17, 15) is 31.5 Å². The Kier molecular flexibility index (Phi) is 7.30. The molecule has 1 aliphatic rings. The van der Waals surface area contributed by atoms with Crippen LogP contribution in [-0.2, 0) is 15.8 Å². The average molecular weight is 527 g/mol. The van der Waals surface area contributed by atoms with Gasteiger partial charge in [0.05, 0.1) is 5.52 Å². The largest absolute Gasteiger partial charge is 0.433 e. The van der Waals surface area contributed by atoms with Gasteiger partial charge in [0.2, 0.25) is 0 Å². The number of carbonyl (C=O) groups excluding carboxylic acids is 2. The monoisotopic (exact) mass is 526 g/mol. The van der Waals surface area contributed by atoms with Gasteiger partial charge in [-0.1, -0.05) is 17.7 Å². The number of nitrogens with zero attached hydrogens (tertiary/aromatic N) is 1. The van der Waals surface area contributed by atoms with E-state index < -0.39 is 41.0 Å². The molecule has 2 aromatic carbocycles. The first-order valence-electron chi connectivity index (χ1n) is 11.0. The first-order valence-corrected chi connectivity index (χ1v) is 11.4. The normalized spacial score (nSPS) is 18.1. The molecular formula is C24H20ClF5N4O2. The van der Waals surface area contributed by atoms with Gasteiger partial charge in [0.25, 0.3) is 0 Å². The second-order valence-corrected chi connectivity index (χ2v) is 8.87. The molecule has 36 heavy (non-hydrogen) atoms. The molecule has 3 N–H and O–H groups in total. The van der Waals surface area contributed by atoms with E-state index in [0.29, 0.717) is 36.1 Å². The van der Waals surface area contributed by atoms with Gasteiger partial charge in [-0.05, 0) is 62.1 Å². The van der Waals surface area contributed by atoms with Crippen molar-refractivity contribution in [2.45, 2.75) is 43.9 Å². The van der Waals surface area contributed by atoms with Crippen LogP contribution in [0.2, 0.25) is 5.02 Å². The first kappa shape index (κ1) is 25.6. The topological polar surface area (TPSA) is 83.1 Å². The number of amides is 2. The van der Waals surface area contributed by atoms with Gasteiger partial charge in [0.15, 0.2) is 0 Å². The number of aromatic nitrogens is 1. The standard InChI is InChI=1S/C24H20ClF5N4O2/c25-12-4-9-18-15(10-12)19(11-20(33-18)24(28,29)30)31-13-5-7-14(8-6-13)32-22(35)23(36)34-21-16(26)2-1-3-17(21)27/h1-4,9-11,13-14H,5-8H2,(H,31,33)(H,32,35)(H,34,36). The molecule has 0 saturated heterocycles. The quantitative estimate of drug-likeness (QED) is 0.302. The Morgan fingerprint density at radius 2 is 1.56 bits per heavy atom. The minimum absolute atomic E-state index is 0.148. The van der Waals surface area contributed by atoms with Crippen LogP contribution in [0.1, 0.15) is 31.4 Å². The second kappa shape index (κ2) is 10.3. The highest BCUT2D eigenvalue weighted by Gasteiger charge is 2.34. The molecule has 1 aliphatic carbocycles. The molecule has 1 fully saturated rings. The molecule has 12 heteroatoms. The van der Waals surface area contributed by atoms with E-state index in [1.165, 1.54) is 18.2 Å². The van der Waals surface area contributed by atoms with E-state index in [-0.39, 0.29) is 23.3 Å². The highest BCUT2D eigenvalue weighted by Crippen LogP contribution is 2.35. The zero-order valence-electron chi connectivity index (χ0n) is 18.6. The molecule has 0 aliphatic heterocycles. The van der Waals surface area contributed by atoms with Gasteiger partial charge in [-0.2, -0.15) is 13.2 Å².